The number of nitrogens with zero attached hydrogens (tertiary/aromatic N) is 2. The van der Waals surface area contributed by atoms with Crippen molar-refractivity contribution in [3.63, 3.8) is 0 Å². The molecule has 0 unspecified atom stereocenters. The zero-order chi connectivity index (χ0) is 11.8. The van der Waals surface area contributed by atoms with Crippen LogP contribution in [0.2, 0.25) is 0 Å². The van der Waals surface area contributed by atoms with E-state index in [1.54, 1.807) is 12.1 Å². The Kier molecular flexibility index (Phi) is 10.5. The molecule has 14 heavy (non-hydrogen) atoms. The van der Waals surface area contributed by atoms with Crippen molar-refractivity contribution in [3.05, 3.63) is 0 Å². The Balaban J connectivity index is -0.0000000610. The molecule has 0 aliphatic carbocycles. The number of nitriles is 2. The average Bonchev–Trinajstić information content (AvgIpc) is 1.57. The molecule has 0 radical (unpaired) electrons. The van der Waals surface area contributed by atoms with Gasteiger partial charge in [0, 0.05) is 13.8 Å². The quantitative estimate of drug-likeness (QED) is 0.328. The Labute approximate surface area is 92.2 Å². The molecular formula is C4H6AuF6N2P. The van der Waals surface area contributed by atoms with Crippen LogP contribution >= 0.6 is 7.81 Å². The molecule has 0 N–H and O–H groups in total. The van der Waals surface area contributed by atoms with E-state index in [2.05, 4.69) is 0 Å². The molecule has 0 aromatic heterocycles. The second kappa shape index (κ2) is 6.26. The van der Waals surface area contributed by atoms with Gasteiger partial charge in [-0.2, -0.15) is 10.5 Å². The first-order chi connectivity index (χ1) is 5.28. The van der Waals surface area contributed by atoms with Crippen LogP contribution in [0.4, 0.5) is 25.2 Å². The minimum absolute atomic E-state index is 0. The molecule has 0 fully saturated rings. The van der Waals surface area contributed by atoms with Crippen molar-refractivity contribution in [2.24, 2.45) is 0 Å². The van der Waals surface area contributed by atoms with Gasteiger partial charge in [-0.05, 0) is 0 Å². The largest absolute Gasteiger partial charge is 1.00 e. The van der Waals surface area contributed by atoms with Crippen LogP contribution in [0.25, 0.3) is 0 Å². The molecule has 0 saturated heterocycles. The fourth-order valence-electron chi connectivity index (χ4n) is 0. The molecule has 0 aromatic rings. The van der Waals surface area contributed by atoms with E-state index < -0.39 is 7.81 Å². The van der Waals surface area contributed by atoms with Crippen molar-refractivity contribution in [1.29, 1.82) is 10.5 Å². The van der Waals surface area contributed by atoms with Gasteiger partial charge in [-0.3, -0.25) is 0 Å². The van der Waals surface area contributed by atoms with Crippen LogP contribution in [0, 0.1) is 22.7 Å². The summed E-state index contributed by atoms with van der Waals surface area (Å²) in [5.74, 6) is 0. The first-order valence-corrected chi connectivity index (χ1v) is 4.49. The second-order valence-electron chi connectivity index (χ2n) is 1.41. The van der Waals surface area contributed by atoms with E-state index in [0.717, 1.165) is 0 Å². The maximum atomic E-state index is 9.87. The molecule has 0 rings (SSSR count). The molecule has 0 saturated carbocycles. The summed E-state index contributed by atoms with van der Waals surface area (Å²) >= 11 is 0. The van der Waals surface area contributed by atoms with Crippen molar-refractivity contribution in [2.75, 3.05) is 0 Å². The third-order valence-corrected chi connectivity index (χ3v) is 0. The summed E-state index contributed by atoms with van der Waals surface area (Å²) in [6.45, 7) is 2.86. The minimum atomic E-state index is -10.7. The normalized spacial score (nSPS) is 12.7. The van der Waals surface area contributed by atoms with Gasteiger partial charge < -0.3 is 0 Å². The molecule has 10 heteroatoms. The first kappa shape index (κ1) is 23.5. The molecule has 0 aliphatic rings. The Morgan fingerprint density at radius 1 is 0.786 bits per heavy atom. The van der Waals surface area contributed by atoms with Gasteiger partial charge in [0.1, 0.15) is 0 Å². The number of rotatable bonds is 0. The molecule has 0 aliphatic heterocycles. The molecule has 0 atom stereocenters. The Bertz CT molecular complexity index is 195. The van der Waals surface area contributed by atoms with E-state index >= 15 is 0 Å². The summed E-state index contributed by atoms with van der Waals surface area (Å²) in [4.78, 5) is 0. The van der Waals surface area contributed by atoms with E-state index in [1.807, 2.05) is 0 Å². The van der Waals surface area contributed by atoms with Gasteiger partial charge in [0.05, 0.1) is 12.1 Å². The fourth-order valence-corrected chi connectivity index (χ4v) is 0. The summed E-state index contributed by atoms with van der Waals surface area (Å²) in [6, 6.07) is 3.50. The van der Waals surface area contributed by atoms with Crippen molar-refractivity contribution >= 4 is 7.81 Å². The molecule has 0 heterocycles. The van der Waals surface area contributed by atoms with Crippen LogP contribution in [-0.4, -0.2) is 0 Å². The van der Waals surface area contributed by atoms with E-state index in [1.165, 1.54) is 13.8 Å². The van der Waals surface area contributed by atoms with Crippen LogP contribution in [0.3, 0.4) is 0 Å². The summed E-state index contributed by atoms with van der Waals surface area (Å²) in [7, 11) is -10.7. The fraction of sp³-hybridized carbons (Fsp3) is 0.500. The Hall–Kier alpha value is -0.270. The Morgan fingerprint density at radius 3 is 0.786 bits per heavy atom. The SMILES string of the molecule is CC#N.CC#N.F[P-](F)(F)(F)(F)F.[Au+]. The zero-order valence-corrected chi connectivity index (χ0v) is 9.97. The van der Waals surface area contributed by atoms with Crippen LogP contribution in [0.15, 0.2) is 0 Å². The standard InChI is InChI=1S/2C2H3N.Au.F6P/c2*1-2-3;;1-7(2,3,4,5)6/h2*1H3;;/q;;+1;-1. The van der Waals surface area contributed by atoms with Crippen LogP contribution in [0.5, 0.6) is 0 Å². The molecule has 90 valence electrons. The topological polar surface area (TPSA) is 47.6 Å². The maximum Gasteiger partial charge on any atom is 1.00 e. The van der Waals surface area contributed by atoms with E-state index in [0.29, 0.717) is 0 Å². The van der Waals surface area contributed by atoms with Crippen molar-refractivity contribution in [2.45, 2.75) is 13.8 Å². The molecule has 2 nitrogen and oxygen atoms in total. The third-order valence-electron chi connectivity index (χ3n) is 0. The van der Waals surface area contributed by atoms with Crippen LogP contribution < -0.4 is 0 Å². The van der Waals surface area contributed by atoms with Crippen molar-refractivity contribution in [3.8, 4) is 12.1 Å². The molecule has 0 bridgehead atoms. The van der Waals surface area contributed by atoms with Gasteiger partial charge in [-0.15, -0.1) is 0 Å². The van der Waals surface area contributed by atoms with E-state index in [-0.39, 0.29) is 22.4 Å². The first-order valence-electron chi connectivity index (χ1n) is 2.46. The number of halogens is 6. The third kappa shape index (κ3) is 18600. The summed E-state index contributed by atoms with van der Waals surface area (Å²) in [5.41, 5.74) is 0. The van der Waals surface area contributed by atoms with Gasteiger partial charge in [0.15, 0.2) is 0 Å². The summed E-state index contributed by atoms with van der Waals surface area (Å²) in [6.07, 6.45) is 0. The van der Waals surface area contributed by atoms with Crippen molar-refractivity contribution in [1.82, 2.24) is 0 Å². The molecule has 0 aromatic carbocycles. The minimum Gasteiger partial charge on any atom is 1.00 e. The van der Waals surface area contributed by atoms with Gasteiger partial charge in [-0.25, -0.2) is 0 Å². The second-order valence-corrected chi connectivity index (χ2v) is 3.32. The molecular weight excluding hydrogens is 418 g/mol. The maximum absolute atomic E-state index is 10.7. The monoisotopic (exact) mass is 424 g/mol. The number of hydrogen-bond donors (Lipinski definition) is 0. The van der Waals surface area contributed by atoms with E-state index in [4.69, 9.17) is 10.5 Å². The van der Waals surface area contributed by atoms with E-state index in [9.17, 15) is 25.2 Å². The summed E-state index contributed by atoms with van der Waals surface area (Å²) in [5, 5.41) is 14.6. The van der Waals surface area contributed by atoms with Crippen LogP contribution in [-0.2, 0) is 22.4 Å². The zero-order valence-electron chi connectivity index (χ0n) is 6.91. The van der Waals surface area contributed by atoms with Gasteiger partial charge >= 0.3 is 55.4 Å². The Morgan fingerprint density at radius 2 is 0.786 bits per heavy atom. The van der Waals surface area contributed by atoms with Gasteiger partial charge in [0.25, 0.3) is 0 Å². The average molecular weight is 424 g/mol. The predicted molar refractivity (Wildman–Crippen MR) is 36.1 cm³/mol. The molecule has 0 amide bonds. The summed E-state index contributed by atoms with van der Waals surface area (Å²) < 4.78 is 59.2. The predicted octanol–water partition coefficient (Wildman–Crippen LogP) is 4.44. The van der Waals surface area contributed by atoms with Crippen molar-refractivity contribution < 1.29 is 47.6 Å². The van der Waals surface area contributed by atoms with Crippen LogP contribution in [0.1, 0.15) is 13.8 Å². The van der Waals surface area contributed by atoms with Gasteiger partial charge in [0.2, 0.25) is 0 Å². The number of hydrogen-bond acceptors (Lipinski definition) is 2. The smallest absolute Gasteiger partial charge is 1.00 e. The molecule has 0 spiro atoms. The van der Waals surface area contributed by atoms with Gasteiger partial charge in [-0.1, -0.05) is 0 Å².